The van der Waals surface area contributed by atoms with Crippen molar-refractivity contribution in [3.8, 4) is 0 Å². The van der Waals surface area contributed by atoms with Gasteiger partial charge in [-0.3, -0.25) is 4.90 Å². The van der Waals surface area contributed by atoms with Gasteiger partial charge < -0.3 is 5.32 Å². The van der Waals surface area contributed by atoms with Crippen molar-refractivity contribution in [2.45, 2.75) is 70.9 Å². The molecular weight excluding hydrogens is 208 g/mol. The maximum absolute atomic E-state index is 3.66. The fourth-order valence-corrected chi connectivity index (χ4v) is 3.32. The quantitative estimate of drug-likeness (QED) is 0.699. The average Bonchev–Trinajstić information content (AvgIpc) is 3.04. The van der Waals surface area contributed by atoms with Crippen LogP contribution in [0.2, 0.25) is 0 Å². The Balaban J connectivity index is 1.85. The van der Waals surface area contributed by atoms with Crippen LogP contribution in [-0.4, -0.2) is 36.6 Å². The molecule has 2 atom stereocenters. The van der Waals surface area contributed by atoms with Gasteiger partial charge in [0.05, 0.1) is 0 Å². The zero-order valence-corrected chi connectivity index (χ0v) is 11.8. The van der Waals surface area contributed by atoms with Crippen molar-refractivity contribution >= 4 is 0 Å². The number of nitrogens with zero attached hydrogens (tertiary/aromatic N) is 1. The lowest BCUT2D eigenvalue weighted by atomic mass is 10.1. The second-order valence-corrected chi connectivity index (χ2v) is 5.95. The van der Waals surface area contributed by atoms with Gasteiger partial charge in [0, 0.05) is 18.6 Å². The summed E-state index contributed by atoms with van der Waals surface area (Å²) in [5.41, 5.74) is 0. The molecule has 1 heterocycles. The molecule has 2 heteroatoms. The molecule has 2 rings (SSSR count). The summed E-state index contributed by atoms with van der Waals surface area (Å²) >= 11 is 0. The molecule has 2 fully saturated rings. The highest BCUT2D eigenvalue weighted by atomic mass is 15.2. The highest BCUT2D eigenvalue weighted by molar-refractivity contribution is 4.89. The Morgan fingerprint density at radius 2 is 2.06 bits per heavy atom. The van der Waals surface area contributed by atoms with Gasteiger partial charge in [-0.15, -0.1) is 0 Å². The predicted octanol–water partition coefficient (Wildman–Crippen LogP) is 3.03. The van der Waals surface area contributed by atoms with Crippen LogP contribution < -0.4 is 5.32 Å². The Labute approximate surface area is 107 Å². The molecule has 2 nitrogen and oxygen atoms in total. The Kier molecular flexibility index (Phi) is 5.30. The maximum Gasteiger partial charge on any atom is 0.0195 e. The average molecular weight is 238 g/mol. The zero-order valence-electron chi connectivity index (χ0n) is 11.8. The summed E-state index contributed by atoms with van der Waals surface area (Å²) in [4.78, 5) is 2.81. The number of hydrogen-bond donors (Lipinski definition) is 1. The first-order chi connectivity index (χ1) is 8.35. The Morgan fingerprint density at radius 3 is 2.59 bits per heavy atom. The van der Waals surface area contributed by atoms with Crippen molar-refractivity contribution in [3.63, 3.8) is 0 Å². The summed E-state index contributed by atoms with van der Waals surface area (Å²) < 4.78 is 0. The molecule has 1 N–H and O–H groups in total. The van der Waals surface area contributed by atoms with Crippen molar-refractivity contribution in [1.82, 2.24) is 10.2 Å². The predicted molar refractivity (Wildman–Crippen MR) is 74.3 cm³/mol. The molecule has 0 radical (unpaired) electrons. The monoisotopic (exact) mass is 238 g/mol. The van der Waals surface area contributed by atoms with Gasteiger partial charge in [0.15, 0.2) is 0 Å². The topological polar surface area (TPSA) is 15.3 Å². The number of unbranched alkanes of at least 4 members (excludes halogenated alkanes) is 1. The largest absolute Gasteiger partial charge is 0.313 e. The zero-order chi connectivity index (χ0) is 12.1. The van der Waals surface area contributed by atoms with Crippen molar-refractivity contribution in [3.05, 3.63) is 0 Å². The fourth-order valence-electron chi connectivity index (χ4n) is 3.32. The molecule has 2 unspecified atom stereocenters. The van der Waals surface area contributed by atoms with E-state index in [0.717, 1.165) is 18.0 Å². The molecule has 0 aromatic rings. The standard InChI is InChI=1S/C15H30N2/c1-3-5-11-17(12-14-7-6-10-16-14)15(4-2)13-8-9-13/h13-16H,3-12H2,1-2H3. The Hall–Kier alpha value is -0.0800. The van der Waals surface area contributed by atoms with Crippen LogP contribution in [0.4, 0.5) is 0 Å². The van der Waals surface area contributed by atoms with E-state index in [0.29, 0.717) is 0 Å². The number of nitrogens with one attached hydrogen (secondary N) is 1. The van der Waals surface area contributed by atoms with Crippen LogP contribution in [0, 0.1) is 5.92 Å². The number of rotatable bonds is 8. The van der Waals surface area contributed by atoms with E-state index in [4.69, 9.17) is 0 Å². The van der Waals surface area contributed by atoms with Crippen molar-refractivity contribution < 1.29 is 0 Å². The van der Waals surface area contributed by atoms with Gasteiger partial charge in [0.1, 0.15) is 0 Å². The first-order valence-electron chi connectivity index (χ1n) is 7.82. The molecule has 2 aliphatic rings. The highest BCUT2D eigenvalue weighted by Crippen LogP contribution is 2.37. The van der Waals surface area contributed by atoms with Crippen LogP contribution >= 0.6 is 0 Å². The number of hydrogen-bond acceptors (Lipinski definition) is 2. The van der Waals surface area contributed by atoms with E-state index in [9.17, 15) is 0 Å². The van der Waals surface area contributed by atoms with E-state index in [-0.39, 0.29) is 0 Å². The van der Waals surface area contributed by atoms with Gasteiger partial charge in [0.2, 0.25) is 0 Å². The Bertz CT molecular complexity index is 207. The molecule has 0 aromatic carbocycles. The fraction of sp³-hybridized carbons (Fsp3) is 1.00. The molecule has 0 amide bonds. The first-order valence-corrected chi connectivity index (χ1v) is 7.82. The molecule has 100 valence electrons. The van der Waals surface area contributed by atoms with Crippen molar-refractivity contribution in [1.29, 1.82) is 0 Å². The molecular formula is C15H30N2. The van der Waals surface area contributed by atoms with Gasteiger partial charge >= 0.3 is 0 Å². The van der Waals surface area contributed by atoms with Crippen LogP contribution in [-0.2, 0) is 0 Å². The van der Waals surface area contributed by atoms with Crippen LogP contribution in [0.25, 0.3) is 0 Å². The molecule has 17 heavy (non-hydrogen) atoms. The minimum atomic E-state index is 0.777. The summed E-state index contributed by atoms with van der Waals surface area (Å²) in [6, 6.07) is 1.66. The summed E-state index contributed by atoms with van der Waals surface area (Å²) in [7, 11) is 0. The molecule has 0 spiro atoms. The van der Waals surface area contributed by atoms with Crippen LogP contribution in [0.3, 0.4) is 0 Å². The Morgan fingerprint density at radius 1 is 1.24 bits per heavy atom. The van der Waals surface area contributed by atoms with E-state index in [2.05, 4.69) is 24.1 Å². The second kappa shape index (κ2) is 6.75. The lowest BCUT2D eigenvalue weighted by Gasteiger charge is -2.33. The van der Waals surface area contributed by atoms with Crippen LogP contribution in [0.5, 0.6) is 0 Å². The van der Waals surface area contributed by atoms with Gasteiger partial charge in [-0.25, -0.2) is 0 Å². The first kappa shape index (κ1) is 13.4. The summed E-state index contributed by atoms with van der Waals surface area (Å²) in [5.74, 6) is 1.03. The third-order valence-corrected chi connectivity index (χ3v) is 4.47. The lowest BCUT2D eigenvalue weighted by molar-refractivity contribution is 0.154. The van der Waals surface area contributed by atoms with E-state index in [1.165, 1.54) is 64.6 Å². The van der Waals surface area contributed by atoms with Crippen molar-refractivity contribution in [2.75, 3.05) is 19.6 Å². The SMILES string of the molecule is CCCCN(CC1CCCN1)C(CC)C1CC1. The van der Waals surface area contributed by atoms with Crippen LogP contribution in [0.15, 0.2) is 0 Å². The molecule has 1 saturated carbocycles. The molecule has 1 aliphatic carbocycles. The second-order valence-electron chi connectivity index (χ2n) is 5.95. The maximum atomic E-state index is 3.66. The molecule has 0 aromatic heterocycles. The van der Waals surface area contributed by atoms with Crippen molar-refractivity contribution in [2.24, 2.45) is 5.92 Å². The lowest BCUT2D eigenvalue weighted by Crippen LogP contribution is -2.44. The molecule has 1 aliphatic heterocycles. The van der Waals surface area contributed by atoms with E-state index in [1.54, 1.807) is 0 Å². The molecule has 1 saturated heterocycles. The van der Waals surface area contributed by atoms with E-state index in [1.807, 2.05) is 0 Å². The van der Waals surface area contributed by atoms with Gasteiger partial charge in [-0.05, 0) is 57.5 Å². The smallest absolute Gasteiger partial charge is 0.0195 e. The van der Waals surface area contributed by atoms with Gasteiger partial charge in [-0.1, -0.05) is 20.3 Å². The van der Waals surface area contributed by atoms with Crippen LogP contribution in [0.1, 0.15) is 58.8 Å². The van der Waals surface area contributed by atoms with E-state index < -0.39 is 0 Å². The van der Waals surface area contributed by atoms with Gasteiger partial charge in [-0.2, -0.15) is 0 Å². The minimum absolute atomic E-state index is 0.777. The summed E-state index contributed by atoms with van der Waals surface area (Å²) in [5, 5.41) is 3.66. The van der Waals surface area contributed by atoms with E-state index >= 15 is 0 Å². The summed E-state index contributed by atoms with van der Waals surface area (Å²) in [6.45, 7) is 8.55. The normalized spacial score (nSPS) is 26.6. The summed E-state index contributed by atoms with van der Waals surface area (Å²) in [6.07, 6.45) is 9.79. The highest BCUT2D eigenvalue weighted by Gasteiger charge is 2.34. The molecule has 0 bridgehead atoms. The third-order valence-electron chi connectivity index (χ3n) is 4.47. The van der Waals surface area contributed by atoms with Gasteiger partial charge in [0.25, 0.3) is 0 Å². The third kappa shape index (κ3) is 3.96. The minimum Gasteiger partial charge on any atom is -0.313 e.